The van der Waals surface area contributed by atoms with Gasteiger partial charge in [0.25, 0.3) is 0 Å². The highest BCUT2D eigenvalue weighted by Crippen LogP contribution is 2.53. The summed E-state index contributed by atoms with van der Waals surface area (Å²) in [7, 11) is -1.32. The molecule has 2 aromatic carbocycles. The first-order valence-electron chi connectivity index (χ1n) is 9.73. The van der Waals surface area contributed by atoms with Crippen LogP contribution in [0.25, 0.3) is 17.2 Å². The van der Waals surface area contributed by atoms with Crippen LogP contribution in [0.4, 0.5) is 0 Å². The number of ether oxygens (including phenoxy) is 1. The van der Waals surface area contributed by atoms with Gasteiger partial charge < -0.3 is 10.1 Å². The smallest absolute Gasteiger partial charge is 0.125 e. The molecule has 2 heterocycles. The lowest BCUT2D eigenvalue weighted by Gasteiger charge is -2.38. The van der Waals surface area contributed by atoms with Crippen molar-refractivity contribution in [3.05, 3.63) is 63.7 Å². The molecule has 28 heavy (non-hydrogen) atoms. The minimum absolute atomic E-state index is 0.138. The number of benzene rings is 2. The van der Waals surface area contributed by atoms with Crippen molar-refractivity contribution in [3.8, 4) is 16.9 Å². The van der Waals surface area contributed by atoms with Crippen molar-refractivity contribution in [2.75, 3.05) is 17.3 Å². The lowest BCUT2D eigenvalue weighted by molar-refractivity contribution is 0.189. The summed E-state index contributed by atoms with van der Waals surface area (Å²) in [5.74, 6) is 3.57. The van der Waals surface area contributed by atoms with Crippen LogP contribution in [-0.2, 0) is 6.54 Å². The maximum absolute atomic E-state index is 11.3. The third-order valence-electron chi connectivity index (χ3n) is 5.69. The number of halogens is 1. The first-order chi connectivity index (χ1) is 13.6. The maximum atomic E-state index is 11.3. The highest BCUT2D eigenvalue weighted by molar-refractivity contribution is 8.32. The van der Waals surface area contributed by atoms with Gasteiger partial charge in [0.05, 0.1) is 0 Å². The summed E-state index contributed by atoms with van der Waals surface area (Å²) in [5, 5.41) is 4.01. The van der Waals surface area contributed by atoms with Crippen molar-refractivity contribution in [2.24, 2.45) is 4.58 Å². The Morgan fingerprint density at radius 2 is 2.04 bits per heavy atom. The SMILES string of the molecule is CCS1(N=O)CCC(Oc2cc(-c3cccc(Cl)c3)cc3c2CNC=C3)CC1. The molecule has 0 amide bonds. The van der Waals surface area contributed by atoms with E-state index in [0.29, 0.717) is 0 Å². The van der Waals surface area contributed by atoms with Crippen molar-refractivity contribution in [2.45, 2.75) is 32.4 Å². The Hall–Kier alpha value is -1.98. The third kappa shape index (κ3) is 3.91. The lowest BCUT2D eigenvalue weighted by Crippen LogP contribution is -2.29. The van der Waals surface area contributed by atoms with Crippen molar-refractivity contribution in [3.63, 3.8) is 0 Å². The first kappa shape index (κ1) is 19.3. The summed E-state index contributed by atoms with van der Waals surface area (Å²) in [4.78, 5) is 11.3. The van der Waals surface area contributed by atoms with Gasteiger partial charge in [-0.3, -0.25) is 0 Å². The average molecular weight is 417 g/mol. The molecule has 0 saturated carbocycles. The maximum Gasteiger partial charge on any atom is 0.125 e. The Morgan fingerprint density at radius 1 is 1.21 bits per heavy atom. The quantitative estimate of drug-likeness (QED) is 0.596. The van der Waals surface area contributed by atoms with Crippen molar-refractivity contribution >= 4 is 27.9 Å². The second-order valence-electron chi connectivity index (χ2n) is 7.36. The molecule has 0 unspecified atom stereocenters. The molecule has 1 N–H and O–H groups in total. The van der Waals surface area contributed by atoms with Gasteiger partial charge in [0.1, 0.15) is 11.9 Å². The van der Waals surface area contributed by atoms with Crippen LogP contribution in [-0.4, -0.2) is 23.4 Å². The van der Waals surface area contributed by atoms with Crippen LogP contribution < -0.4 is 10.1 Å². The molecule has 0 atom stereocenters. The lowest BCUT2D eigenvalue weighted by atomic mass is 9.96. The Bertz CT molecular complexity index is 907. The Morgan fingerprint density at radius 3 is 2.75 bits per heavy atom. The zero-order valence-corrected chi connectivity index (χ0v) is 17.6. The monoisotopic (exact) mass is 416 g/mol. The van der Waals surface area contributed by atoms with E-state index in [4.69, 9.17) is 16.3 Å². The summed E-state index contributed by atoms with van der Waals surface area (Å²) in [5.41, 5.74) is 4.53. The van der Waals surface area contributed by atoms with Gasteiger partial charge in [0, 0.05) is 28.6 Å². The molecule has 2 aliphatic heterocycles. The van der Waals surface area contributed by atoms with E-state index in [1.165, 1.54) is 11.1 Å². The van der Waals surface area contributed by atoms with Gasteiger partial charge in [0.15, 0.2) is 0 Å². The van der Waals surface area contributed by atoms with Crippen LogP contribution in [0.5, 0.6) is 5.75 Å². The minimum Gasteiger partial charge on any atom is -0.490 e. The van der Waals surface area contributed by atoms with Crippen LogP contribution >= 0.6 is 21.8 Å². The second kappa shape index (κ2) is 8.18. The molecular weight excluding hydrogens is 392 g/mol. The van der Waals surface area contributed by atoms with E-state index in [1.807, 2.05) is 24.4 Å². The number of fused-ring (bicyclic) bond motifs is 1. The normalized spacial score (nSPS) is 25.9. The van der Waals surface area contributed by atoms with E-state index >= 15 is 0 Å². The van der Waals surface area contributed by atoms with E-state index in [1.54, 1.807) is 0 Å². The van der Waals surface area contributed by atoms with Gasteiger partial charge >= 0.3 is 0 Å². The molecule has 4 nitrogen and oxygen atoms in total. The molecule has 6 heteroatoms. The van der Waals surface area contributed by atoms with Gasteiger partial charge in [-0.1, -0.05) is 30.7 Å². The molecule has 2 aromatic rings. The number of hydrogen-bond donors (Lipinski definition) is 1. The van der Waals surface area contributed by atoms with Crippen LogP contribution in [0, 0.1) is 4.91 Å². The number of nitrogens with zero attached hydrogens (tertiary/aromatic N) is 1. The fourth-order valence-electron chi connectivity index (χ4n) is 3.92. The Kier molecular flexibility index (Phi) is 5.65. The van der Waals surface area contributed by atoms with Gasteiger partial charge in [-0.15, -0.1) is 15.1 Å². The second-order valence-corrected chi connectivity index (χ2v) is 11.3. The van der Waals surface area contributed by atoms with E-state index < -0.39 is 10.2 Å². The molecule has 4 rings (SSSR count). The number of hydrogen-bond acceptors (Lipinski definition) is 4. The molecule has 1 fully saturated rings. The number of rotatable bonds is 5. The highest BCUT2D eigenvalue weighted by atomic mass is 35.5. The molecule has 0 bridgehead atoms. The minimum atomic E-state index is -1.32. The van der Waals surface area contributed by atoms with Gasteiger partial charge in [0.2, 0.25) is 0 Å². The van der Waals surface area contributed by atoms with Crippen LogP contribution in [0.3, 0.4) is 0 Å². The third-order valence-corrected chi connectivity index (χ3v) is 9.31. The molecule has 0 aromatic heterocycles. The highest BCUT2D eigenvalue weighted by Gasteiger charge is 2.32. The molecule has 2 aliphatic rings. The molecule has 1 saturated heterocycles. The van der Waals surface area contributed by atoms with Crippen LogP contribution in [0.15, 0.2) is 47.2 Å². The van der Waals surface area contributed by atoms with Crippen molar-refractivity contribution < 1.29 is 4.74 Å². The predicted molar refractivity (Wildman–Crippen MR) is 120 cm³/mol. The average Bonchev–Trinajstić information content (AvgIpc) is 2.74. The summed E-state index contributed by atoms with van der Waals surface area (Å²) in [6.45, 7) is 2.84. The van der Waals surface area contributed by atoms with Gasteiger partial charge in [-0.05, 0) is 76.4 Å². The topological polar surface area (TPSA) is 50.7 Å². The molecule has 148 valence electrons. The van der Waals surface area contributed by atoms with E-state index in [9.17, 15) is 4.91 Å². The van der Waals surface area contributed by atoms with E-state index in [-0.39, 0.29) is 6.10 Å². The van der Waals surface area contributed by atoms with Gasteiger partial charge in [-0.2, -0.15) is 0 Å². The largest absolute Gasteiger partial charge is 0.490 e. The first-order valence-corrected chi connectivity index (χ1v) is 12.2. The molecular formula is C22H25ClN2O2S. The van der Waals surface area contributed by atoms with E-state index in [2.05, 4.69) is 41.1 Å². The molecule has 0 spiro atoms. The van der Waals surface area contributed by atoms with Crippen LogP contribution in [0.2, 0.25) is 5.02 Å². The van der Waals surface area contributed by atoms with Gasteiger partial charge in [-0.25, -0.2) is 0 Å². The molecule has 0 radical (unpaired) electrons. The summed E-state index contributed by atoms with van der Waals surface area (Å²) in [6.07, 6.45) is 5.99. The zero-order valence-electron chi connectivity index (χ0n) is 16.0. The van der Waals surface area contributed by atoms with Crippen molar-refractivity contribution in [1.82, 2.24) is 5.32 Å². The number of nitrogens with one attached hydrogen (secondary N) is 1. The molecule has 0 aliphatic carbocycles. The Balaban J connectivity index is 1.62. The van der Waals surface area contributed by atoms with Crippen LogP contribution in [0.1, 0.15) is 30.9 Å². The van der Waals surface area contributed by atoms with Crippen molar-refractivity contribution in [1.29, 1.82) is 0 Å². The van der Waals surface area contributed by atoms with E-state index in [0.717, 1.165) is 58.5 Å². The summed E-state index contributed by atoms with van der Waals surface area (Å²) >= 11 is 6.20. The standard InChI is InChI=1S/C22H25ClN2O2S/c1-2-28(25-26)10-7-20(8-11-28)27-22-14-18(16-4-3-5-19(23)13-16)12-17-6-9-24-15-21(17)22/h3-6,9,12-14,20,24H,2,7-8,10-11,15H2,1H3. The fraction of sp³-hybridized carbons (Fsp3) is 0.364. The predicted octanol–water partition coefficient (Wildman–Crippen LogP) is 6.13. The number of nitroso groups, excluding NO2 is 1. The summed E-state index contributed by atoms with van der Waals surface area (Å²) < 4.78 is 10.0. The summed E-state index contributed by atoms with van der Waals surface area (Å²) in [6, 6.07) is 12.2. The zero-order chi connectivity index (χ0) is 19.6. The fourth-order valence-corrected chi connectivity index (χ4v) is 6.55. The Labute approximate surface area is 172 Å².